The van der Waals surface area contributed by atoms with Gasteiger partial charge in [0.05, 0.1) is 16.2 Å². The maximum absolute atomic E-state index is 12.8. The Hall–Kier alpha value is 0.950. The molecule has 1 aliphatic heterocycles. The Balaban J connectivity index is 0.00000200. The molecule has 2 rings (SSSR count). The van der Waals surface area contributed by atoms with Crippen LogP contribution in [0.25, 0.3) is 0 Å². The molecule has 2 nitrogen and oxygen atoms in total. The first-order chi connectivity index (χ1) is 8.87. The summed E-state index contributed by atoms with van der Waals surface area (Å²) in [5, 5.41) is 3.16. The van der Waals surface area contributed by atoms with E-state index in [1.165, 1.54) is 11.3 Å². The molecule has 1 aliphatic rings. The van der Waals surface area contributed by atoms with Gasteiger partial charge < -0.3 is 5.32 Å². The van der Waals surface area contributed by atoms with Crippen molar-refractivity contribution in [1.82, 2.24) is 10.2 Å². The maximum Gasteiger partial charge on any atom is 0.390 e. The summed E-state index contributed by atoms with van der Waals surface area (Å²) < 4.78 is 40.0. The molecule has 1 fully saturated rings. The number of nitrogens with zero attached hydrogens (tertiary/aromatic N) is 1. The Kier molecular flexibility index (Phi) is 9.72. The molecule has 0 amide bonds. The van der Waals surface area contributed by atoms with Gasteiger partial charge in [0.15, 0.2) is 0 Å². The van der Waals surface area contributed by atoms with Crippen LogP contribution in [0.5, 0.6) is 0 Å². The molecule has 21 heavy (non-hydrogen) atoms. The fourth-order valence-corrected chi connectivity index (χ4v) is 4.37. The number of rotatable bonds is 3. The number of piperazine rings is 1. The van der Waals surface area contributed by atoms with Gasteiger partial charge in [0.25, 0.3) is 0 Å². The Morgan fingerprint density at radius 2 is 1.81 bits per heavy atom. The molecule has 1 aromatic rings. The molecule has 0 aliphatic carbocycles. The van der Waals surface area contributed by atoms with Gasteiger partial charge in [-0.3, -0.25) is 4.90 Å². The van der Waals surface area contributed by atoms with Crippen LogP contribution in [0.2, 0.25) is 0 Å². The molecule has 1 aromatic heterocycles. The monoisotopic (exact) mass is 492 g/mol. The zero-order valence-electron chi connectivity index (χ0n) is 10.8. The summed E-state index contributed by atoms with van der Waals surface area (Å²) in [5.41, 5.74) is 0. The third-order valence-electron chi connectivity index (χ3n) is 3.01. The van der Waals surface area contributed by atoms with Crippen molar-refractivity contribution in [3.63, 3.8) is 0 Å². The fourth-order valence-electron chi connectivity index (χ4n) is 2.15. The SMILES string of the molecule is Cl.Cl.FC(F)(F)C[C@H](c1cc(Br)c(Br)s1)N1CCNCC1. The molecule has 124 valence electrons. The summed E-state index contributed by atoms with van der Waals surface area (Å²) in [6.07, 6.45) is -4.95. The number of halogens is 7. The number of hydrogen-bond acceptors (Lipinski definition) is 3. The Morgan fingerprint density at radius 3 is 2.24 bits per heavy atom. The molecule has 0 unspecified atom stereocenters. The molecule has 0 radical (unpaired) electrons. The highest BCUT2D eigenvalue weighted by atomic mass is 79.9. The van der Waals surface area contributed by atoms with Crippen LogP contribution in [0, 0.1) is 0 Å². The van der Waals surface area contributed by atoms with Gasteiger partial charge >= 0.3 is 6.18 Å². The van der Waals surface area contributed by atoms with Crippen LogP contribution in [-0.2, 0) is 0 Å². The highest BCUT2D eigenvalue weighted by Gasteiger charge is 2.36. The van der Waals surface area contributed by atoms with E-state index in [-0.39, 0.29) is 24.8 Å². The van der Waals surface area contributed by atoms with Crippen LogP contribution in [0.4, 0.5) is 13.2 Å². The molecular formula is C11H15Br2Cl2F3N2S. The van der Waals surface area contributed by atoms with E-state index in [1.807, 2.05) is 4.90 Å². The zero-order chi connectivity index (χ0) is 14.0. The summed E-state index contributed by atoms with van der Waals surface area (Å²) in [6, 6.07) is 1.20. The van der Waals surface area contributed by atoms with Crippen molar-refractivity contribution < 1.29 is 13.2 Å². The molecule has 2 heterocycles. The highest BCUT2D eigenvalue weighted by molar-refractivity contribution is 9.13. The molecule has 1 atom stereocenters. The van der Waals surface area contributed by atoms with Crippen LogP contribution in [0.1, 0.15) is 17.3 Å². The quantitative estimate of drug-likeness (QED) is 0.635. The van der Waals surface area contributed by atoms with Gasteiger partial charge in [-0.25, -0.2) is 0 Å². The normalized spacial score (nSPS) is 17.8. The number of nitrogens with one attached hydrogen (secondary N) is 1. The van der Waals surface area contributed by atoms with Crippen molar-refractivity contribution in [2.24, 2.45) is 0 Å². The number of hydrogen-bond donors (Lipinski definition) is 1. The van der Waals surface area contributed by atoms with E-state index >= 15 is 0 Å². The second-order valence-corrected chi connectivity index (χ2v) is 7.65. The summed E-state index contributed by atoms with van der Waals surface area (Å²) in [5.74, 6) is 0. The first kappa shape index (κ1) is 21.9. The summed E-state index contributed by atoms with van der Waals surface area (Å²) in [4.78, 5) is 2.66. The smallest absolute Gasteiger partial charge is 0.314 e. The average molecular weight is 495 g/mol. The largest absolute Gasteiger partial charge is 0.390 e. The van der Waals surface area contributed by atoms with Crippen molar-refractivity contribution in [3.8, 4) is 0 Å². The first-order valence-corrected chi connectivity index (χ1v) is 8.23. The minimum absolute atomic E-state index is 0. The van der Waals surface area contributed by atoms with Crippen molar-refractivity contribution >= 4 is 68.0 Å². The minimum atomic E-state index is -4.15. The van der Waals surface area contributed by atoms with Crippen molar-refractivity contribution in [2.45, 2.75) is 18.6 Å². The number of alkyl halides is 3. The van der Waals surface area contributed by atoms with Crippen LogP contribution >= 0.6 is 68.0 Å². The summed E-state index contributed by atoms with van der Waals surface area (Å²) in [7, 11) is 0. The van der Waals surface area contributed by atoms with Gasteiger partial charge in [0, 0.05) is 35.5 Å². The van der Waals surface area contributed by atoms with Gasteiger partial charge in [-0.1, -0.05) is 0 Å². The zero-order valence-corrected chi connectivity index (χ0v) is 16.4. The average Bonchev–Trinajstić information content (AvgIpc) is 2.66. The molecule has 10 heteroatoms. The summed E-state index contributed by atoms with van der Waals surface area (Å²) in [6.45, 7) is 2.77. The van der Waals surface area contributed by atoms with E-state index in [0.717, 1.165) is 26.2 Å². The highest BCUT2D eigenvalue weighted by Crippen LogP contribution is 2.41. The standard InChI is InChI=1S/C11H13Br2F3N2S.2ClH/c12-7-5-9(19-10(7)13)8(6-11(14,15)16)18-3-1-17-2-4-18;;/h5,8,17H,1-4,6H2;2*1H/t8-;;/m1../s1. The Morgan fingerprint density at radius 1 is 1.24 bits per heavy atom. The Labute approximate surface area is 154 Å². The molecule has 1 saturated heterocycles. The van der Waals surface area contributed by atoms with E-state index < -0.39 is 18.6 Å². The van der Waals surface area contributed by atoms with Crippen LogP contribution in [-0.4, -0.2) is 37.3 Å². The van der Waals surface area contributed by atoms with Gasteiger partial charge in [-0.15, -0.1) is 36.2 Å². The van der Waals surface area contributed by atoms with Crippen molar-refractivity contribution in [3.05, 3.63) is 19.2 Å². The van der Waals surface area contributed by atoms with E-state index in [1.54, 1.807) is 6.07 Å². The third kappa shape index (κ3) is 6.53. The lowest BCUT2D eigenvalue weighted by molar-refractivity contribution is -0.148. The van der Waals surface area contributed by atoms with E-state index in [2.05, 4.69) is 37.2 Å². The molecule has 0 saturated carbocycles. The first-order valence-electron chi connectivity index (χ1n) is 5.83. The lowest BCUT2D eigenvalue weighted by atomic mass is 10.1. The predicted molar refractivity (Wildman–Crippen MR) is 92.1 cm³/mol. The van der Waals surface area contributed by atoms with Gasteiger partial charge in [0.2, 0.25) is 0 Å². The van der Waals surface area contributed by atoms with Crippen molar-refractivity contribution in [2.75, 3.05) is 26.2 Å². The molecule has 1 N–H and O–H groups in total. The molecule has 0 spiro atoms. The number of thiophene rings is 1. The van der Waals surface area contributed by atoms with Crippen LogP contribution < -0.4 is 5.32 Å². The summed E-state index contributed by atoms with van der Waals surface area (Å²) >= 11 is 8.05. The second kappa shape index (κ2) is 9.30. The molecule has 0 bridgehead atoms. The molecular weight excluding hydrogens is 480 g/mol. The van der Waals surface area contributed by atoms with Gasteiger partial charge in [-0.05, 0) is 37.9 Å². The predicted octanol–water partition coefficient (Wildman–Crippen LogP) is 5.02. The van der Waals surface area contributed by atoms with Crippen molar-refractivity contribution in [1.29, 1.82) is 0 Å². The fraction of sp³-hybridized carbons (Fsp3) is 0.636. The van der Waals surface area contributed by atoms with E-state index in [4.69, 9.17) is 0 Å². The van der Waals surface area contributed by atoms with E-state index in [0.29, 0.717) is 13.1 Å². The van der Waals surface area contributed by atoms with Crippen LogP contribution in [0.3, 0.4) is 0 Å². The van der Waals surface area contributed by atoms with E-state index in [9.17, 15) is 13.2 Å². The lowest BCUT2D eigenvalue weighted by Crippen LogP contribution is -2.45. The third-order valence-corrected chi connectivity index (χ3v) is 6.37. The second-order valence-electron chi connectivity index (χ2n) is 4.39. The lowest BCUT2D eigenvalue weighted by Gasteiger charge is -2.34. The topological polar surface area (TPSA) is 15.3 Å². The Bertz CT molecular complexity index is 420. The van der Waals surface area contributed by atoms with Gasteiger partial charge in [-0.2, -0.15) is 13.2 Å². The van der Waals surface area contributed by atoms with Crippen LogP contribution in [0.15, 0.2) is 14.3 Å². The minimum Gasteiger partial charge on any atom is -0.314 e. The van der Waals surface area contributed by atoms with Gasteiger partial charge in [0.1, 0.15) is 0 Å². The maximum atomic E-state index is 12.8. The molecule has 0 aromatic carbocycles.